The lowest BCUT2D eigenvalue weighted by Gasteiger charge is -2.13. The first-order valence-electron chi connectivity index (χ1n) is 8.75. The SMILES string of the molecule is Cc1cccc(NC(=O)CSc2ncc(CO)n2CC(=O)NC(C)C)c1C. The summed E-state index contributed by atoms with van der Waals surface area (Å²) in [6.45, 7) is 7.55. The molecule has 0 bridgehead atoms. The van der Waals surface area contributed by atoms with Gasteiger partial charge in [0, 0.05) is 11.7 Å². The van der Waals surface area contributed by atoms with Gasteiger partial charge in [-0.1, -0.05) is 23.9 Å². The van der Waals surface area contributed by atoms with Crippen molar-refractivity contribution in [3.8, 4) is 0 Å². The number of amides is 2. The van der Waals surface area contributed by atoms with Gasteiger partial charge < -0.3 is 20.3 Å². The molecule has 0 aliphatic carbocycles. The largest absolute Gasteiger partial charge is 0.390 e. The Morgan fingerprint density at radius 3 is 2.67 bits per heavy atom. The Kier molecular flexibility index (Phi) is 7.44. The van der Waals surface area contributed by atoms with Crippen molar-refractivity contribution >= 4 is 29.3 Å². The molecule has 1 heterocycles. The average molecular weight is 391 g/mol. The molecule has 2 aromatic rings. The van der Waals surface area contributed by atoms with Crippen LogP contribution in [0.3, 0.4) is 0 Å². The summed E-state index contributed by atoms with van der Waals surface area (Å²) in [5.41, 5.74) is 3.47. The summed E-state index contributed by atoms with van der Waals surface area (Å²) >= 11 is 1.23. The number of carbonyl (C=O) groups is 2. The first kappa shape index (κ1) is 21.0. The maximum atomic E-state index is 12.3. The van der Waals surface area contributed by atoms with Crippen molar-refractivity contribution in [3.05, 3.63) is 41.2 Å². The van der Waals surface area contributed by atoms with E-state index in [1.54, 1.807) is 4.57 Å². The summed E-state index contributed by atoms with van der Waals surface area (Å²) in [4.78, 5) is 28.6. The molecule has 1 aromatic carbocycles. The van der Waals surface area contributed by atoms with E-state index in [4.69, 9.17) is 0 Å². The van der Waals surface area contributed by atoms with Gasteiger partial charge in [-0.05, 0) is 44.9 Å². The van der Waals surface area contributed by atoms with Gasteiger partial charge in [0.05, 0.1) is 24.3 Å². The number of nitrogens with one attached hydrogen (secondary N) is 2. The van der Waals surface area contributed by atoms with Crippen molar-refractivity contribution in [1.82, 2.24) is 14.9 Å². The molecule has 146 valence electrons. The zero-order valence-electron chi connectivity index (χ0n) is 16.1. The predicted molar refractivity (Wildman–Crippen MR) is 107 cm³/mol. The van der Waals surface area contributed by atoms with Crippen molar-refractivity contribution < 1.29 is 14.7 Å². The van der Waals surface area contributed by atoms with Gasteiger partial charge in [0.15, 0.2) is 5.16 Å². The summed E-state index contributed by atoms with van der Waals surface area (Å²) < 4.78 is 1.63. The molecule has 3 N–H and O–H groups in total. The number of aromatic nitrogens is 2. The summed E-state index contributed by atoms with van der Waals surface area (Å²) in [6, 6.07) is 5.79. The Labute approximate surface area is 163 Å². The predicted octanol–water partition coefficient (Wildman–Crippen LogP) is 2.25. The second-order valence-electron chi connectivity index (χ2n) is 6.58. The van der Waals surface area contributed by atoms with Crippen LogP contribution in [0.2, 0.25) is 0 Å². The Morgan fingerprint density at radius 1 is 1.26 bits per heavy atom. The number of carbonyl (C=O) groups excluding carboxylic acids is 2. The molecular weight excluding hydrogens is 364 g/mol. The molecule has 8 heteroatoms. The molecule has 0 fully saturated rings. The van der Waals surface area contributed by atoms with Gasteiger partial charge in [0.25, 0.3) is 0 Å². The molecule has 7 nitrogen and oxygen atoms in total. The molecule has 2 rings (SSSR count). The Morgan fingerprint density at radius 2 is 2.00 bits per heavy atom. The highest BCUT2D eigenvalue weighted by molar-refractivity contribution is 7.99. The molecule has 2 amide bonds. The minimum atomic E-state index is -0.225. The van der Waals surface area contributed by atoms with Gasteiger partial charge in [-0.2, -0.15) is 0 Å². The summed E-state index contributed by atoms with van der Waals surface area (Å²) in [6.07, 6.45) is 1.52. The van der Waals surface area contributed by atoms with Crippen molar-refractivity contribution in [2.24, 2.45) is 0 Å². The van der Waals surface area contributed by atoms with Crippen molar-refractivity contribution in [2.45, 2.75) is 52.0 Å². The lowest BCUT2D eigenvalue weighted by atomic mass is 10.1. The minimum Gasteiger partial charge on any atom is -0.390 e. The van der Waals surface area contributed by atoms with Crippen molar-refractivity contribution in [1.29, 1.82) is 0 Å². The highest BCUT2D eigenvalue weighted by atomic mass is 32.2. The topological polar surface area (TPSA) is 96.2 Å². The fourth-order valence-corrected chi connectivity index (χ4v) is 3.31. The maximum Gasteiger partial charge on any atom is 0.240 e. The van der Waals surface area contributed by atoms with E-state index in [0.29, 0.717) is 10.9 Å². The van der Waals surface area contributed by atoms with E-state index in [1.165, 1.54) is 18.0 Å². The maximum absolute atomic E-state index is 12.3. The number of benzene rings is 1. The Bertz CT molecular complexity index is 817. The van der Waals surface area contributed by atoms with Crippen LogP contribution in [-0.2, 0) is 22.7 Å². The Balaban J connectivity index is 2.02. The zero-order valence-corrected chi connectivity index (χ0v) is 16.9. The van der Waals surface area contributed by atoms with Gasteiger partial charge in [-0.25, -0.2) is 4.98 Å². The van der Waals surface area contributed by atoms with Crippen LogP contribution in [0.1, 0.15) is 30.7 Å². The third kappa shape index (κ3) is 5.83. The number of aliphatic hydroxyl groups is 1. The van der Waals surface area contributed by atoms with Crippen molar-refractivity contribution in [2.75, 3.05) is 11.1 Å². The van der Waals surface area contributed by atoms with Crippen LogP contribution in [0.25, 0.3) is 0 Å². The standard InChI is InChI=1S/C19H26N4O3S/c1-12(2)21-17(25)9-23-15(10-24)8-20-19(23)27-11-18(26)22-16-7-5-6-13(3)14(16)4/h5-8,12,24H,9-11H2,1-4H3,(H,21,25)(H,22,26). The molecule has 0 spiro atoms. The van der Waals surface area contributed by atoms with Gasteiger partial charge >= 0.3 is 0 Å². The molecule has 0 saturated heterocycles. The van der Waals surface area contributed by atoms with Gasteiger partial charge in [0.2, 0.25) is 11.8 Å². The van der Waals surface area contributed by atoms with E-state index in [0.717, 1.165) is 16.8 Å². The highest BCUT2D eigenvalue weighted by Crippen LogP contribution is 2.21. The van der Waals surface area contributed by atoms with Crippen molar-refractivity contribution in [3.63, 3.8) is 0 Å². The number of nitrogens with zero attached hydrogens (tertiary/aromatic N) is 2. The summed E-state index contributed by atoms with van der Waals surface area (Å²) in [5, 5.41) is 15.7. The number of hydrogen-bond acceptors (Lipinski definition) is 5. The number of rotatable bonds is 8. The molecule has 0 aliphatic rings. The first-order valence-corrected chi connectivity index (χ1v) is 9.73. The highest BCUT2D eigenvalue weighted by Gasteiger charge is 2.15. The molecular formula is C19H26N4O3S. The number of aliphatic hydroxyl groups excluding tert-OH is 1. The summed E-state index contributed by atoms with van der Waals surface area (Å²) in [7, 11) is 0. The number of imidazole rings is 1. The van der Waals surface area contributed by atoms with Crippen LogP contribution in [0.4, 0.5) is 5.69 Å². The van der Waals surface area contributed by atoms with Crippen LogP contribution in [0.15, 0.2) is 29.6 Å². The van der Waals surface area contributed by atoms with Crippen LogP contribution in [0, 0.1) is 13.8 Å². The third-order valence-electron chi connectivity index (χ3n) is 4.03. The molecule has 0 aliphatic heterocycles. The molecule has 0 unspecified atom stereocenters. The van der Waals surface area contributed by atoms with Crippen LogP contribution in [-0.4, -0.2) is 38.3 Å². The van der Waals surface area contributed by atoms with Crippen LogP contribution >= 0.6 is 11.8 Å². The fourth-order valence-electron chi connectivity index (χ4n) is 2.52. The second-order valence-corrected chi connectivity index (χ2v) is 7.53. The van der Waals surface area contributed by atoms with Crippen LogP contribution in [0.5, 0.6) is 0 Å². The molecule has 0 saturated carbocycles. The first-order chi connectivity index (χ1) is 12.8. The lowest BCUT2D eigenvalue weighted by Crippen LogP contribution is -2.33. The van der Waals surface area contributed by atoms with E-state index >= 15 is 0 Å². The quantitative estimate of drug-likeness (QED) is 0.601. The number of anilines is 1. The molecule has 0 atom stereocenters. The third-order valence-corrected chi connectivity index (χ3v) is 5.02. The smallest absolute Gasteiger partial charge is 0.240 e. The van der Waals surface area contributed by atoms with Gasteiger partial charge in [-0.3, -0.25) is 9.59 Å². The number of thioether (sulfide) groups is 1. The number of aryl methyl sites for hydroxylation is 1. The summed E-state index contributed by atoms with van der Waals surface area (Å²) in [5.74, 6) is -0.166. The zero-order chi connectivity index (χ0) is 20.0. The van der Waals surface area contributed by atoms with E-state index in [9.17, 15) is 14.7 Å². The van der Waals surface area contributed by atoms with E-state index in [2.05, 4.69) is 15.6 Å². The average Bonchev–Trinajstić information content (AvgIpc) is 2.98. The fraction of sp³-hybridized carbons (Fsp3) is 0.421. The molecule has 0 radical (unpaired) electrons. The van der Waals surface area contributed by atoms with Gasteiger partial charge in [-0.15, -0.1) is 0 Å². The second kappa shape index (κ2) is 9.57. The number of hydrogen-bond donors (Lipinski definition) is 3. The van der Waals surface area contributed by atoms with E-state index in [-0.39, 0.29) is 36.8 Å². The molecule has 1 aromatic heterocycles. The van der Waals surface area contributed by atoms with Gasteiger partial charge in [0.1, 0.15) is 6.54 Å². The Hall–Kier alpha value is -2.32. The van der Waals surface area contributed by atoms with E-state index < -0.39 is 0 Å². The molecule has 27 heavy (non-hydrogen) atoms. The van der Waals surface area contributed by atoms with E-state index in [1.807, 2.05) is 45.9 Å². The lowest BCUT2D eigenvalue weighted by molar-refractivity contribution is -0.122. The minimum absolute atomic E-state index is 0.0260. The monoisotopic (exact) mass is 390 g/mol. The normalized spacial score (nSPS) is 10.9. The van der Waals surface area contributed by atoms with Crippen LogP contribution < -0.4 is 10.6 Å².